The molecule has 7 nitrogen and oxygen atoms in total. The van der Waals surface area contributed by atoms with Crippen molar-refractivity contribution in [1.29, 1.82) is 0 Å². The number of pyridine rings is 1. The Morgan fingerprint density at radius 1 is 1.06 bits per heavy atom. The summed E-state index contributed by atoms with van der Waals surface area (Å²) in [6.45, 7) is 1.61. The zero-order valence-corrected chi connectivity index (χ0v) is 18.0. The van der Waals surface area contributed by atoms with E-state index < -0.39 is 17.4 Å². The lowest BCUT2D eigenvalue weighted by molar-refractivity contribution is -0.141. The zero-order valence-electron chi connectivity index (χ0n) is 18.0. The number of carbonyl (C=O) groups is 2. The van der Waals surface area contributed by atoms with E-state index in [1.54, 1.807) is 30.3 Å². The number of hydrogen-bond acceptors (Lipinski definition) is 5. The third kappa shape index (κ3) is 5.03. The van der Waals surface area contributed by atoms with Gasteiger partial charge in [0.05, 0.1) is 25.5 Å². The van der Waals surface area contributed by atoms with Gasteiger partial charge in [-0.15, -0.1) is 0 Å². The number of benzene rings is 2. The maximum atomic E-state index is 13.8. The molecule has 0 saturated carbocycles. The fourth-order valence-electron chi connectivity index (χ4n) is 3.21. The minimum absolute atomic E-state index is 0. The second-order valence-corrected chi connectivity index (χ2v) is 6.99. The minimum atomic E-state index is -0.583. The SMILES string of the molecule is CCc1cc(-c2ccc(C(=O)Nc3ccc(=O)n(CC(=O)OC)c3)c(OC)c2)ccc1F.[HH]. The van der Waals surface area contributed by atoms with Gasteiger partial charge in [-0.05, 0) is 53.4 Å². The van der Waals surface area contributed by atoms with Crippen molar-refractivity contribution < 1.29 is 24.9 Å². The van der Waals surface area contributed by atoms with Crippen molar-refractivity contribution in [2.45, 2.75) is 19.9 Å². The number of ether oxygens (including phenoxy) is 2. The highest BCUT2D eigenvalue weighted by Crippen LogP contribution is 2.29. The lowest BCUT2D eigenvalue weighted by atomic mass is 9.99. The van der Waals surface area contributed by atoms with Crippen LogP contribution in [0.4, 0.5) is 10.1 Å². The van der Waals surface area contributed by atoms with Crippen molar-refractivity contribution in [2.75, 3.05) is 19.5 Å². The molecule has 0 atom stereocenters. The van der Waals surface area contributed by atoms with Gasteiger partial charge < -0.3 is 19.4 Å². The molecule has 0 unspecified atom stereocenters. The summed E-state index contributed by atoms with van der Waals surface area (Å²) >= 11 is 0. The molecule has 1 aromatic heterocycles. The van der Waals surface area contributed by atoms with E-state index in [1.807, 2.05) is 6.92 Å². The molecule has 1 N–H and O–H groups in total. The number of aromatic nitrogens is 1. The lowest BCUT2D eigenvalue weighted by Crippen LogP contribution is -2.24. The number of aryl methyl sites for hydroxylation is 1. The molecule has 0 aliphatic carbocycles. The molecular weight excluding hydrogens is 415 g/mol. The maximum absolute atomic E-state index is 13.8. The first-order chi connectivity index (χ1) is 15.4. The number of esters is 1. The summed E-state index contributed by atoms with van der Waals surface area (Å²) < 4.78 is 24.9. The maximum Gasteiger partial charge on any atom is 0.325 e. The van der Waals surface area contributed by atoms with Crippen molar-refractivity contribution in [3.63, 3.8) is 0 Å². The highest BCUT2D eigenvalue weighted by molar-refractivity contribution is 6.06. The van der Waals surface area contributed by atoms with Gasteiger partial charge in [0.2, 0.25) is 0 Å². The number of hydrogen-bond donors (Lipinski definition) is 1. The van der Waals surface area contributed by atoms with Crippen molar-refractivity contribution in [3.05, 3.63) is 82.0 Å². The number of anilines is 1. The molecule has 0 saturated heterocycles. The minimum Gasteiger partial charge on any atom is -0.496 e. The van der Waals surface area contributed by atoms with E-state index in [1.165, 1.54) is 38.6 Å². The Kier molecular flexibility index (Phi) is 7.04. The van der Waals surface area contributed by atoms with Crippen LogP contribution in [0.2, 0.25) is 0 Å². The van der Waals surface area contributed by atoms with Gasteiger partial charge >= 0.3 is 5.97 Å². The van der Waals surface area contributed by atoms with Crippen LogP contribution < -0.4 is 15.6 Å². The molecule has 168 valence electrons. The number of nitrogens with zero attached hydrogens (tertiary/aromatic N) is 1. The van der Waals surface area contributed by atoms with Crippen molar-refractivity contribution in [2.24, 2.45) is 0 Å². The first-order valence-corrected chi connectivity index (χ1v) is 9.91. The monoisotopic (exact) mass is 440 g/mol. The second kappa shape index (κ2) is 9.91. The first kappa shape index (κ1) is 22.7. The van der Waals surface area contributed by atoms with Crippen LogP contribution in [-0.4, -0.2) is 30.7 Å². The highest BCUT2D eigenvalue weighted by atomic mass is 19.1. The van der Waals surface area contributed by atoms with E-state index in [4.69, 9.17) is 4.74 Å². The summed E-state index contributed by atoms with van der Waals surface area (Å²) in [7, 11) is 2.68. The molecule has 0 bridgehead atoms. The standard InChI is InChI=1S/C24H23FN2O5.H2/c1-4-15-11-16(6-9-20(15)25)17-5-8-19(21(12-17)31-2)24(30)26-18-7-10-22(28)27(13-18)14-23(29)32-3;/h5-13H,4,14H2,1-3H3,(H,26,30);1H. The molecule has 1 heterocycles. The summed E-state index contributed by atoms with van der Waals surface area (Å²) in [4.78, 5) is 36.2. The van der Waals surface area contributed by atoms with Crippen LogP contribution in [0.25, 0.3) is 11.1 Å². The molecule has 2 aromatic carbocycles. The average Bonchev–Trinajstić information content (AvgIpc) is 2.80. The quantitative estimate of drug-likeness (QED) is 0.563. The highest BCUT2D eigenvalue weighted by Gasteiger charge is 2.15. The normalized spacial score (nSPS) is 10.5. The van der Waals surface area contributed by atoms with Crippen molar-refractivity contribution in [1.82, 2.24) is 4.57 Å². The number of methoxy groups -OCH3 is 2. The van der Waals surface area contributed by atoms with Gasteiger partial charge in [0, 0.05) is 13.7 Å². The fraction of sp³-hybridized carbons (Fsp3) is 0.208. The van der Waals surface area contributed by atoms with E-state index in [0.29, 0.717) is 23.4 Å². The van der Waals surface area contributed by atoms with Crippen LogP contribution in [0.1, 0.15) is 24.3 Å². The lowest BCUT2D eigenvalue weighted by Gasteiger charge is -2.13. The first-order valence-electron chi connectivity index (χ1n) is 9.91. The Morgan fingerprint density at radius 2 is 1.78 bits per heavy atom. The molecule has 0 aliphatic rings. The van der Waals surface area contributed by atoms with Crippen LogP contribution in [0, 0.1) is 5.82 Å². The predicted molar refractivity (Wildman–Crippen MR) is 121 cm³/mol. The third-order valence-corrected chi connectivity index (χ3v) is 4.97. The van der Waals surface area contributed by atoms with E-state index in [2.05, 4.69) is 10.1 Å². The van der Waals surface area contributed by atoms with Crippen LogP contribution >= 0.6 is 0 Å². The number of halogens is 1. The second-order valence-electron chi connectivity index (χ2n) is 6.99. The molecule has 3 rings (SSSR count). The van der Waals surface area contributed by atoms with Gasteiger partial charge in [-0.3, -0.25) is 14.4 Å². The molecular formula is C24H25FN2O5. The predicted octanol–water partition coefficient (Wildman–Crippen LogP) is 3.90. The van der Waals surface area contributed by atoms with Gasteiger partial charge in [0.1, 0.15) is 18.1 Å². The molecule has 0 radical (unpaired) electrons. The van der Waals surface area contributed by atoms with Gasteiger partial charge in [0.15, 0.2) is 0 Å². The number of carbonyl (C=O) groups excluding carboxylic acids is 2. The number of rotatable bonds is 7. The Hall–Kier alpha value is -3.94. The van der Waals surface area contributed by atoms with E-state index in [-0.39, 0.29) is 19.4 Å². The van der Waals surface area contributed by atoms with E-state index in [0.717, 1.165) is 15.7 Å². The molecule has 32 heavy (non-hydrogen) atoms. The summed E-state index contributed by atoms with van der Waals surface area (Å²) in [6, 6.07) is 12.6. The Labute approximate surface area is 185 Å². The Balaban J connectivity index is 0.00000385. The summed E-state index contributed by atoms with van der Waals surface area (Å²) in [5, 5.41) is 2.70. The van der Waals surface area contributed by atoms with Gasteiger partial charge in [-0.2, -0.15) is 0 Å². The van der Waals surface area contributed by atoms with Crippen LogP contribution in [0.3, 0.4) is 0 Å². The van der Waals surface area contributed by atoms with E-state index >= 15 is 0 Å². The summed E-state index contributed by atoms with van der Waals surface area (Å²) in [5.74, 6) is -0.956. The molecule has 8 heteroatoms. The largest absolute Gasteiger partial charge is 0.496 e. The Bertz CT molecular complexity index is 1230. The molecule has 1 amide bonds. The zero-order chi connectivity index (χ0) is 23.3. The van der Waals surface area contributed by atoms with Crippen molar-refractivity contribution >= 4 is 17.6 Å². The smallest absolute Gasteiger partial charge is 0.325 e. The van der Waals surface area contributed by atoms with Crippen LogP contribution in [0.5, 0.6) is 5.75 Å². The van der Waals surface area contributed by atoms with Gasteiger partial charge in [0.25, 0.3) is 11.5 Å². The van der Waals surface area contributed by atoms with Gasteiger partial charge in [-0.1, -0.05) is 19.1 Å². The summed E-state index contributed by atoms with van der Waals surface area (Å²) in [6.07, 6.45) is 1.93. The fourth-order valence-corrected chi connectivity index (χ4v) is 3.21. The molecule has 0 aliphatic heterocycles. The van der Waals surface area contributed by atoms with Crippen molar-refractivity contribution in [3.8, 4) is 16.9 Å². The molecule has 0 spiro atoms. The molecule has 0 fully saturated rings. The molecule has 3 aromatic rings. The topological polar surface area (TPSA) is 86.6 Å². The van der Waals surface area contributed by atoms with E-state index in [9.17, 15) is 18.8 Å². The van der Waals surface area contributed by atoms with Gasteiger partial charge in [-0.25, -0.2) is 4.39 Å². The van der Waals surface area contributed by atoms with Crippen LogP contribution in [0.15, 0.2) is 59.5 Å². The summed E-state index contributed by atoms with van der Waals surface area (Å²) in [5.41, 5.74) is 2.39. The number of amides is 1. The Morgan fingerprint density at radius 3 is 2.47 bits per heavy atom. The average molecular weight is 440 g/mol. The van der Waals surface area contributed by atoms with Crippen LogP contribution in [-0.2, 0) is 22.5 Å². The number of nitrogens with one attached hydrogen (secondary N) is 1. The third-order valence-electron chi connectivity index (χ3n) is 4.97.